The van der Waals surface area contributed by atoms with Crippen LogP contribution in [-0.4, -0.2) is 51.1 Å². The van der Waals surface area contributed by atoms with Crippen molar-refractivity contribution in [3.8, 4) is 17.2 Å². The Bertz CT molecular complexity index is 903. The molecule has 31 heavy (non-hydrogen) atoms. The second kappa shape index (κ2) is 11.9. The largest absolute Gasteiger partial charge is 0.493 e. The first kappa shape index (κ1) is 24.1. The summed E-state index contributed by atoms with van der Waals surface area (Å²) < 4.78 is 15.9. The van der Waals surface area contributed by atoms with Gasteiger partial charge in [-0.2, -0.15) is 0 Å². The minimum absolute atomic E-state index is 0.0392. The van der Waals surface area contributed by atoms with Gasteiger partial charge in [0.15, 0.2) is 11.5 Å². The van der Waals surface area contributed by atoms with E-state index in [1.165, 1.54) is 32.3 Å². The Kier molecular flexibility index (Phi) is 9.21. The van der Waals surface area contributed by atoms with E-state index in [1.54, 1.807) is 30.3 Å². The maximum Gasteiger partial charge on any atom is 0.247 e. The third-order valence-corrected chi connectivity index (χ3v) is 4.79. The van der Waals surface area contributed by atoms with Crippen LogP contribution < -0.4 is 19.5 Å². The topological polar surface area (TPSA) is 77.1 Å². The number of nitrogens with zero attached hydrogens (tertiary/aromatic N) is 1. The van der Waals surface area contributed by atoms with E-state index in [0.717, 1.165) is 5.56 Å². The number of ether oxygens (including phenoxy) is 3. The summed E-state index contributed by atoms with van der Waals surface area (Å²) in [5, 5.41) is 3.44. The molecule has 2 amide bonds. The lowest BCUT2D eigenvalue weighted by Crippen LogP contribution is -2.39. The summed E-state index contributed by atoms with van der Waals surface area (Å²) in [5.41, 5.74) is 1.63. The molecule has 7 nitrogen and oxygen atoms in total. The third kappa shape index (κ3) is 6.93. The SMILES string of the molecule is CCN(CC(=O)NCc1ccc(Cl)cc1)C(=O)C=Cc1cc(OC)c(OC)c(OC)c1. The fraction of sp³-hybridized carbons (Fsp3) is 0.304. The zero-order valence-corrected chi connectivity index (χ0v) is 18.9. The second-order valence-corrected chi connectivity index (χ2v) is 6.98. The maximum atomic E-state index is 12.6. The highest BCUT2D eigenvalue weighted by Crippen LogP contribution is 2.38. The van der Waals surface area contributed by atoms with Crippen LogP contribution in [0.2, 0.25) is 5.02 Å². The van der Waals surface area contributed by atoms with Crippen LogP contribution in [0.15, 0.2) is 42.5 Å². The average Bonchev–Trinajstić information content (AvgIpc) is 2.79. The minimum atomic E-state index is -0.280. The molecular weight excluding hydrogens is 420 g/mol. The summed E-state index contributed by atoms with van der Waals surface area (Å²) in [6.07, 6.45) is 3.05. The molecule has 2 rings (SSSR count). The number of likely N-dealkylation sites (N-methyl/N-ethyl adjacent to an activating group) is 1. The standard InChI is InChI=1S/C23H27ClN2O5/c1-5-26(15-21(27)25-14-16-6-9-18(24)10-7-16)22(28)11-8-17-12-19(29-2)23(31-4)20(13-17)30-3/h6-13H,5,14-15H2,1-4H3,(H,25,27). The van der Waals surface area contributed by atoms with Crippen LogP contribution in [0.4, 0.5) is 0 Å². The molecule has 0 unspecified atom stereocenters. The van der Waals surface area contributed by atoms with Crippen LogP contribution in [-0.2, 0) is 16.1 Å². The van der Waals surface area contributed by atoms with Gasteiger partial charge in [0, 0.05) is 24.2 Å². The van der Waals surface area contributed by atoms with Crippen LogP contribution in [0.3, 0.4) is 0 Å². The first-order chi connectivity index (χ1) is 14.9. The van der Waals surface area contributed by atoms with Crippen molar-refractivity contribution < 1.29 is 23.8 Å². The number of nitrogens with one attached hydrogen (secondary N) is 1. The molecule has 0 fully saturated rings. The molecule has 0 aliphatic carbocycles. The predicted molar refractivity (Wildman–Crippen MR) is 121 cm³/mol. The molecule has 8 heteroatoms. The number of amides is 2. The fourth-order valence-electron chi connectivity index (χ4n) is 2.85. The average molecular weight is 447 g/mol. The predicted octanol–water partition coefficient (Wildman–Crippen LogP) is 3.54. The molecule has 0 bridgehead atoms. The van der Waals surface area contributed by atoms with Crippen LogP contribution in [0, 0.1) is 0 Å². The number of carbonyl (C=O) groups excluding carboxylic acids is 2. The number of benzene rings is 2. The summed E-state index contributed by atoms with van der Waals surface area (Å²) >= 11 is 5.86. The Morgan fingerprint density at radius 2 is 1.65 bits per heavy atom. The number of hydrogen-bond acceptors (Lipinski definition) is 5. The van der Waals surface area contributed by atoms with E-state index in [-0.39, 0.29) is 18.4 Å². The molecule has 0 saturated carbocycles. The van der Waals surface area contributed by atoms with Gasteiger partial charge in [0.25, 0.3) is 0 Å². The molecule has 0 radical (unpaired) electrons. The fourth-order valence-corrected chi connectivity index (χ4v) is 2.97. The monoisotopic (exact) mass is 446 g/mol. The van der Waals surface area contributed by atoms with Crippen molar-refractivity contribution in [1.82, 2.24) is 10.2 Å². The van der Waals surface area contributed by atoms with Crippen molar-refractivity contribution in [1.29, 1.82) is 0 Å². The third-order valence-electron chi connectivity index (χ3n) is 4.54. The molecule has 0 aliphatic heterocycles. The van der Waals surface area contributed by atoms with Crippen molar-refractivity contribution in [3.05, 3.63) is 58.6 Å². The summed E-state index contributed by atoms with van der Waals surface area (Å²) in [4.78, 5) is 26.3. The van der Waals surface area contributed by atoms with Crippen molar-refractivity contribution in [2.24, 2.45) is 0 Å². The number of carbonyl (C=O) groups is 2. The van der Waals surface area contributed by atoms with Gasteiger partial charge in [0.2, 0.25) is 17.6 Å². The van der Waals surface area contributed by atoms with E-state index >= 15 is 0 Å². The Morgan fingerprint density at radius 1 is 1.03 bits per heavy atom. The molecule has 0 aromatic heterocycles. The van der Waals surface area contributed by atoms with Gasteiger partial charge < -0.3 is 24.4 Å². The zero-order valence-electron chi connectivity index (χ0n) is 18.1. The Labute approximate surface area is 187 Å². The molecule has 2 aromatic carbocycles. The molecule has 0 spiro atoms. The van der Waals surface area contributed by atoms with Gasteiger partial charge in [-0.25, -0.2) is 0 Å². The van der Waals surface area contributed by atoms with Gasteiger partial charge in [-0.3, -0.25) is 9.59 Å². The molecule has 166 valence electrons. The number of methoxy groups -OCH3 is 3. The lowest BCUT2D eigenvalue weighted by atomic mass is 10.1. The molecule has 0 saturated heterocycles. The van der Waals surface area contributed by atoms with Gasteiger partial charge in [0.05, 0.1) is 27.9 Å². The lowest BCUT2D eigenvalue weighted by Gasteiger charge is -2.18. The molecule has 2 aromatic rings. The lowest BCUT2D eigenvalue weighted by molar-refractivity contribution is -0.132. The van der Waals surface area contributed by atoms with Crippen LogP contribution in [0.1, 0.15) is 18.1 Å². The Morgan fingerprint density at radius 3 is 2.16 bits per heavy atom. The van der Waals surface area contributed by atoms with Crippen molar-refractivity contribution in [2.75, 3.05) is 34.4 Å². The number of rotatable bonds is 10. The van der Waals surface area contributed by atoms with Crippen LogP contribution >= 0.6 is 11.6 Å². The second-order valence-electron chi connectivity index (χ2n) is 6.55. The highest BCUT2D eigenvalue weighted by Gasteiger charge is 2.15. The van der Waals surface area contributed by atoms with Gasteiger partial charge in [-0.05, 0) is 48.4 Å². The number of hydrogen-bond donors (Lipinski definition) is 1. The molecule has 0 atom stereocenters. The molecule has 0 aliphatic rings. The van der Waals surface area contributed by atoms with Gasteiger partial charge in [0.1, 0.15) is 0 Å². The molecule has 1 N–H and O–H groups in total. The first-order valence-electron chi connectivity index (χ1n) is 9.69. The van der Waals surface area contributed by atoms with E-state index in [4.69, 9.17) is 25.8 Å². The number of halogens is 1. The van der Waals surface area contributed by atoms with E-state index < -0.39 is 0 Å². The zero-order chi connectivity index (χ0) is 22.8. The smallest absolute Gasteiger partial charge is 0.247 e. The van der Waals surface area contributed by atoms with Crippen LogP contribution in [0.25, 0.3) is 6.08 Å². The highest BCUT2D eigenvalue weighted by atomic mass is 35.5. The Balaban J connectivity index is 2.01. The minimum Gasteiger partial charge on any atom is -0.493 e. The van der Waals surface area contributed by atoms with E-state index in [2.05, 4.69) is 5.32 Å². The first-order valence-corrected chi connectivity index (χ1v) is 10.1. The molecule has 0 heterocycles. The van der Waals surface area contributed by atoms with Crippen molar-refractivity contribution in [2.45, 2.75) is 13.5 Å². The quantitative estimate of drug-likeness (QED) is 0.565. The summed E-state index contributed by atoms with van der Waals surface area (Å²) in [6.45, 7) is 2.54. The normalized spacial score (nSPS) is 10.6. The molecular formula is C23H27ClN2O5. The Hall–Kier alpha value is -3.19. The van der Waals surface area contributed by atoms with Gasteiger partial charge >= 0.3 is 0 Å². The summed E-state index contributed by atoms with van der Waals surface area (Å²) in [5.74, 6) is 0.927. The summed E-state index contributed by atoms with van der Waals surface area (Å²) in [6, 6.07) is 10.7. The highest BCUT2D eigenvalue weighted by molar-refractivity contribution is 6.30. The van der Waals surface area contributed by atoms with E-state index in [0.29, 0.717) is 40.9 Å². The van der Waals surface area contributed by atoms with E-state index in [1.807, 2.05) is 19.1 Å². The van der Waals surface area contributed by atoms with Gasteiger partial charge in [-0.1, -0.05) is 23.7 Å². The van der Waals surface area contributed by atoms with Crippen LogP contribution in [0.5, 0.6) is 17.2 Å². The van der Waals surface area contributed by atoms with Crippen molar-refractivity contribution in [3.63, 3.8) is 0 Å². The summed E-state index contributed by atoms with van der Waals surface area (Å²) in [7, 11) is 4.57. The van der Waals surface area contributed by atoms with E-state index in [9.17, 15) is 9.59 Å². The maximum absolute atomic E-state index is 12.6. The van der Waals surface area contributed by atoms with Crippen molar-refractivity contribution >= 4 is 29.5 Å². The van der Waals surface area contributed by atoms with Gasteiger partial charge in [-0.15, -0.1) is 0 Å².